The average Bonchev–Trinajstić information content (AvgIpc) is 3.27. The highest BCUT2D eigenvalue weighted by atomic mass is 35.5. The maximum absolute atomic E-state index is 13.2. The number of hydrogen-bond acceptors (Lipinski definition) is 7. The molecule has 0 fully saturated rings. The lowest BCUT2D eigenvalue weighted by Crippen LogP contribution is -2.38. The summed E-state index contributed by atoms with van der Waals surface area (Å²) in [6.07, 6.45) is 1.56. The molecule has 1 amide bonds. The number of aliphatic imine (C=N–C) groups is 1. The third-order valence-electron chi connectivity index (χ3n) is 4.46. The van der Waals surface area contributed by atoms with Gasteiger partial charge >= 0.3 is 0 Å². The van der Waals surface area contributed by atoms with Gasteiger partial charge in [0.05, 0.1) is 16.7 Å². The number of aromatic nitrogens is 2. The normalized spacial score (nSPS) is 14.8. The summed E-state index contributed by atoms with van der Waals surface area (Å²) in [7, 11) is 1.44. The molecule has 3 aromatic rings. The van der Waals surface area contributed by atoms with Crippen LogP contribution in [0.4, 0.5) is 5.69 Å². The van der Waals surface area contributed by atoms with Crippen LogP contribution in [-0.2, 0) is 11.8 Å². The lowest BCUT2D eigenvalue weighted by molar-refractivity contribution is -0.741. The molecule has 2 aromatic carbocycles. The van der Waals surface area contributed by atoms with Crippen LogP contribution in [0.5, 0.6) is 5.95 Å². The molecular weight excluding hydrogens is 475 g/mol. The molecule has 32 heavy (non-hydrogen) atoms. The molecule has 1 aliphatic heterocycles. The summed E-state index contributed by atoms with van der Waals surface area (Å²) in [6.45, 7) is 0. The Labute approximate surface area is 196 Å². The van der Waals surface area contributed by atoms with E-state index in [1.807, 2.05) is 6.07 Å². The van der Waals surface area contributed by atoms with E-state index in [0.717, 1.165) is 16.4 Å². The van der Waals surface area contributed by atoms with Gasteiger partial charge in [0.1, 0.15) is 5.70 Å². The van der Waals surface area contributed by atoms with Gasteiger partial charge in [-0.15, -0.1) is 0 Å². The van der Waals surface area contributed by atoms with Crippen molar-refractivity contribution in [1.82, 2.24) is 5.27 Å². The topological polar surface area (TPSA) is 103 Å². The van der Waals surface area contributed by atoms with Crippen LogP contribution in [-0.4, -0.2) is 27.9 Å². The van der Waals surface area contributed by atoms with E-state index in [1.54, 1.807) is 48.5 Å². The molecule has 0 N–H and O–H groups in total. The van der Waals surface area contributed by atoms with Crippen molar-refractivity contribution >= 4 is 63.6 Å². The Bertz CT molecular complexity index is 1250. The highest BCUT2D eigenvalue weighted by molar-refractivity contribution is 8.14. The molecule has 0 saturated carbocycles. The number of benzene rings is 2. The van der Waals surface area contributed by atoms with Gasteiger partial charge in [-0.2, -0.15) is 0 Å². The molecule has 0 spiro atoms. The Morgan fingerprint density at radius 3 is 2.66 bits per heavy atom. The summed E-state index contributed by atoms with van der Waals surface area (Å²) in [5.41, 5.74) is 1.12. The van der Waals surface area contributed by atoms with E-state index in [0.29, 0.717) is 21.3 Å². The molecule has 2 heterocycles. The van der Waals surface area contributed by atoms with Crippen molar-refractivity contribution in [1.29, 1.82) is 0 Å². The van der Waals surface area contributed by atoms with Crippen LogP contribution in [0, 0.1) is 0 Å². The fourth-order valence-electron chi connectivity index (χ4n) is 2.97. The second-order valence-corrected chi connectivity index (χ2v) is 8.40. The number of anilines is 1. The number of amides is 1. The zero-order valence-electron chi connectivity index (χ0n) is 16.5. The quantitative estimate of drug-likeness (QED) is 0.310. The van der Waals surface area contributed by atoms with E-state index in [2.05, 4.69) is 14.8 Å². The molecule has 1 aliphatic rings. The molecule has 0 bridgehead atoms. The number of thioether (sulfide) groups is 1. The Balaban J connectivity index is 1.66. The van der Waals surface area contributed by atoms with Gasteiger partial charge in [-0.05, 0) is 35.9 Å². The summed E-state index contributed by atoms with van der Waals surface area (Å²) < 4.78 is 5.58. The Morgan fingerprint density at radius 2 is 2.00 bits per heavy atom. The molecule has 162 valence electrons. The number of ketones is 1. The van der Waals surface area contributed by atoms with E-state index in [1.165, 1.54) is 11.9 Å². The lowest BCUT2D eigenvalue weighted by atomic mass is 10.2. The van der Waals surface area contributed by atoms with Crippen molar-refractivity contribution in [2.45, 2.75) is 0 Å². The van der Waals surface area contributed by atoms with Crippen LogP contribution in [0.3, 0.4) is 0 Å². The largest absolute Gasteiger partial charge is 0.539 e. The van der Waals surface area contributed by atoms with Crippen molar-refractivity contribution in [3.05, 3.63) is 75.5 Å². The van der Waals surface area contributed by atoms with Gasteiger partial charge in [-0.1, -0.05) is 63.9 Å². The number of rotatable bonds is 5. The fraction of sp³-hybridized carbons (Fsp3) is 0.0952. The maximum Gasteiger partial charge on any atom is 0.300 e. The highest BCUT2D eigenvalue weighted by Gasteiger charge is 2.33. The van der Waals surface area contributed by atoms with Gasteiger partial charge in [0.25, 0.3) is 11.6 Å². The molecule has 0 atom stereocenters. The molecule has 0 radical (unpaired) electrons. The minimum Gasteiger partial charge on any atom is -0.539 e. The second-order valence-electron chi connectivity index (χ2n) is 6.61. The van der Waals surface area contributed by atoms with Gasteiger partial charge in [-0.3, -0.25) is 14.5 Å². The number of carbonyl (C=O) groups is 2. The van der Waals surface area contributed by atoms with E-state index in [-0.39, 0.29) is 28.2 Å². The number of halogens is 2. The molecule has 0 saturated heterocycles. The molecule has 1 aromatic heterocycles. The predicted octanol–water partition coefficient (Wildman–Crippen LogP) is 3.24. The van der Waals surface area contributed by atoms with Gasteiger partial charge in [0.15, 0.2) is 18.2 Å². The van der Waals surface area contributed by atoms with E-state index >= 15 is 0 Å². The molecule has 0 aliphatic carbocycles. The number of hydrogen-bond donors (Lipinski definition) is 0. The van der Waals surface area contributed by atoms with E-state index < -0.39 is 11.7 Å². The zero-order valence-corrected chi connectivity index (χ0v) is 18.8. The number of Topliss-reactive ketones (excluding diaryl/α,β-unsaturated/α-hetero) is 1. The first-order chi connectivity index (χ1) is 15.3. The smallest absolute Gasteiger partial charge is 0.300 e. The van der Waals surface area contributed by atoms with Crippen LogP contribution >= 0.6 is 35.0 Å². The number of aryl methyl sites for hydroxylation is 1. The lowest BCUT2D eigenvalue weighted by Gasteiger charge is -2.17. The van der Waals surface area contributed by atoms with Gasteiger partial charge < -0.3 is 9.63 Å². The van der Waals surface area contributed by atoms with E-state index in [9.17, 15) is 14.7 Å². The SMILES string of the molecule is C[n+]1noc([O-])c1C(=O)CSC1=N/C(=C/c2ccc(Cl)cc2Cl)C(=O)N1c1ccccc1. The number of nitrogens with zero attached hydrogens (tertiary/aromatic N) is 4. The Kier molecular flexibility index (Phi) is 6.31. The minimum atomic E-state index is -0.819. The third kappa shape index (κ3) is 4.40. The monoisotopic (exact) mass is 488 g/mol. The summed E-state index contributed by atoms with van der Waals surface area (Å²) >= 11 is 13.2. The van der Waals surface area contributed by atoms with Crippen LogP contribution < -0.4 is 14.7 Å². The summed E-state index contributed by atoms with van der Waals surface area (Å²) in [4.78, 5) is 31.5. The third-order valence-corrected chi connectivity index (χ3v) is 5.96. The first-order valence-corrected chi connectivity index (χ1v) is 10.9. The molecule has 0 unspecified atom stereocenters. The molecule has 4 rings (SSSR count). The van der Waals surface area contributed by atoms with Gasteiger partial charge in [-0.25, -0.2) is 4.99 Å². The first-order valence-electron chi connectivity index (χ1n) is 9.19. The Hall–Kier alpha value is -3.14. The molecule has 11 heteroatoms. The molecular formula is C21H14Cl2N4O4S. The second kappa shape index (κ2) is 9.15. The Morgan fingerprint density at radius 1 is 1.25 bits per heavy atom. The van der Waals surface area contributed by atoms with Gasteiger partial charge in [0, 0.05) is 10.0 Å². The zero-order chi connectivity index (χ0) is 22.8. The van der Waals surface area contributed by atoms with Crippen molar-refractivity contribution in [2.75, 3.05) is 10.7 Å². The van der Waals surface area contributed by atoms with E-state index in [4.69, 9.17) is 23.2 Å². The highest BCUT2D eigenvalue weighted by Crippen LogP contribution is 2.31. The van der Waals surface area contributed by atoms with Crippen LogP contribution in [0.25, 0.3) is 6.08 Å². The number of amidine groups is 1. The standard InChI is InChI=1S/C21H14Cl2N4O4S/c1-26-18(20(30)31-25-26)17(28)11-32-21-24-16(9-12-7-8-13(22)10-15(12)23)19(29)27(21)14-5-3-2-4-6-14/h2-10H,11H2,1H3/b16-9+. The average molecular weight is 489 g/mol. The van der Waals surface area contributed by atoms with Crippen LogP contribution in [0.15, 0.2) is 63.7 Å². The van der Waals surface area contributed by atoms with Crippen molar-refractivity contribution in [2.24, 2.45) is 12.0 Å². The van der Waals surface area contributed by atoms with Crippen molar-refractivity contribution < 1.29 is 23.9 Å². The summed E-state index contributed by atoms with van der Waals surface area (Å²) in [5, 5.41) is 16.3. The fourth-order valence-corrected chi connectivity index (χ4v) is 4.31. The number of para-hydroxylation sites is 1. The van der Waals surface area contributed by atoms with Crippen LogP contribution in [0.2, 0.25) is 10.0 Å². The first kappa shape index (κ1) is 22.1. The van der Waals surface area contributed by atoms with Crippen molar-refractivity contribution in [3.63, 3.8) is 0 Å². The van der Waals surface area contributed by atoms with Crippen molar-refractivity contribution in [3.8, 4) is 5.95 Å². The maximum atomic E-state index is 13.2. The van der Waals surface area contributed by atoms with Crippen LogP contribution in [0.1, 0.15) is 16.1 Å². The molecule has 8 nitrogen and oxygen atoms in total. The number of carbonyl (C=O) groups excluding carboxylic acids is 2. The minimum absolute atomic E-state index is 0.144. The summed E-state index contributed by atoms with van der Waals surface area (Å²) in [6, 6.07) is 13.8. The van der Waals surface area contributed by atoms with Gasteiger partial charge in [0.2, 0.25) is 5.78 Å². The summed E-state index contributed by atoms with van der Waals surface area (Å²) in [5.74, 6) is -1.84. The predicted molar refractivity (Wildman–Crippen MR) is 120 cm³/mol.